The van der Waals surface area contributed by atoms with Crippen molar-refractivity contribution in [3.63, 3.8) is 0 Å². The molecule has 2 aromatic rings. The predicted octanol–water partition coefficient (Wildman–Crippen LogP) is 3.65. The maximum Gasteiger partial charge on any atom is 0.416 e. The zero-order valence-electron chi connectivity index (χ0n) is 12.2. The summed E-state index contributed by atoms with van der Waals surface area (Å²) in [6.07, 6.45) is -4.42. The van der Waals surface area contributed by atoms with Gasteiger partial charge in [-0.3, -0.25) is 0 Å². The summed E-state index contributed by atoms with van der Waals surface area (Å²) < 4.78 is 37.9. The Labute approximate surface area is 141 Å². The molecule has 4 nitrogen and oxygen atoms in total. The second-order valence-electron chi connectivity index (χ2n) is 4.97. The Kier molecular flexibility index (Phi) is 5.08. The van der Waals surface area contributed by atoms with Gasteiger partial charge < -0.3 is 15.7 Å². The lowest BCUT2D eigenvalue weighted by Gasteiger charge is -2.23. The van der Waals surface area contributed by atoms with Crippen LogP contribution in [0.1, 0.15) is 21.5 Å². The van der Waals surface area contributed by atoms with E-state index in [0.717, 1.165) is 12.1 Å². The standard InChI is InChI=1S/C16H13F3N2O2S/c17-16(18,19)12-5-7-13(8-6-12)21(15(20)24)9-10-1-3-11(4-2-10)14(22)23/h1-8H,9H2,(H2,20,24)(H,22,23). The highest BCUT2D eigenvalue weighted by molar-refractivity contribution is 7.80. The molecule has 2 rings (SSSR count). The van der Waals surface area contributed by atoms with Gasteiger partial charge in [0.05, 0.1) is 17.7 Å². The summed E-state index contributed by atoms with van der Waals surface area (Å²) in [7, 11) is 0. The van der Waals surface area contributed by atoms with Gasteiger partial charge in [-0.15, -0.1) is 0 Å². The second kappa shape index (κ2) is 6.88. The highest BCUT2D eigenvalue weighted by atomic mass is 32.1. The van der Waals surface area contributed by atoms with Gasteiger partial charge in [0, 0.05) is 5.69 Å². The maximum atomic E-state index is 12.6. The smallest absolute Gasteiger partial charge is 0.416 e. The number of nitrogens with zero attached hydrogens (tertiary/aromatic N) is 1. The number of hydrogen-bond donors (Lipinski definition) is 2. The van der Waals surface area contributed by atoms with Crippen molar-refractivity contribution in [1.82, 2.24) is 0 Å². The quantitative estimate of drug-likeness (QED) is 0.821. The molecule has 0 heterocycles. The van der Waals surface area contributed by atoms with Crippen molar-refractivity contribution in [3.8, 4) is 0 Å². The fraction of sp³-hybridized carbons (Fsp3) is 0.125. The molecule has 0 radical (unpaired) electrons. The summed E-state index contributed by atoms with van der Waals surface area (Å²) in [5.74, 6) is -1.05. The normalized spacial score (nSPS) is 11.1. The number of carbonyl (C=O) groups is 1. The van der Waals surface area contributed by atoms with Crippen molar-refractivity contribution in [2.75, 3.05) is 4.90 Å². The Morgan fingerprint density at radius 3 is 2.04 bits per heavy atom. The van der Waals surface area contributed by atoms with Gasteiger partial charge in [0.25, 0.3) is 0 Å². The van der Waals surface area contributed by atoms with E-state index in [1.165, 1.54) is 29.2 Å². The van der Waals surface area contributed by atoms with Crippen molar-refractivity contribution in [1.29, 1.82) is 0 Å². The number of rotatable bonds is 4. The van der Waals surface area contributed by atoms with E-state index in [1.807, 2.05) is 0 Å². The molecule has 0 fully saturated rings. The Balaban J connectivity index is 2.23. The number of alkyl halides is 3. The number of anilines is 1. The molecule has 3 N–H and O–H groups in total. The summed E-state index contributed by atoms with van der Waals surface area (Å²) in [5.41, 5.74) is 6.16. The molecule has 0 aliphatic heterocycles. The molecule has 0 aliphatic rings. The molecule has 8 heteroatoms. The van der Waals surface area contributed by atoms with Crippen LogP contribution in [0.5, 0.6) is 0 Å². The van der Waals surface area contributed by atoms with Gasteiger partial charge in [0.1, 0.15) is 0 Å². The molecule has 0 unspecified atom stereocenters. The number of thiocarbonyl (C=S) groups is 1. The van der Waals surface area contributed by atoms with Crippen LogP contribution in [0.4, 0.5) is 18.9 Å². The maximum absolute atomic E-state index is 12.6. The predicted molar refractivity (Wildman–Crippen MR) is 87.8 cm³/mol. The van der Waals surface area contributed by atoms with Crippen molar-refractivity contribution in [3.05, 3.63) is 65.2 Å². The van der Waals surface area contributed by atoms with E-state index in [1.54, 1.807) is 12.1 Å². The average Bonchev–Trinajstić information content (AvgIpc) is 2.52. The van der Waals surface area contributed by atoms with Crippen LogP contribution in [0, 0.1) is 0 Å². The van der Waals surface area contributed by atoms with Gasteiger partial charge in [0.15, 0.2) is 5.11 Å². The lowest BCUT2D eigenvalue weighted by atomic mass is 10.1. The Morgan fingerprint density at radius 1 is 1.08 bits per heavy atom. The molecule has 0 saturated carbocycles. The molecular weight excluding hydrogens is 341 g/mol. The summed E-state index contributed by atoms with van der Waals surface area (Å²) in [4.78, 5) is 12.3. The minimum atomic E-state index is -4.42. The van der Waals surface area contributed by atoms with E-state index < -0.39 is 17.7 Å². The first-order chi connectivity index (χ1) is 11.2. The van der Waals surface area contributed by atoms with Crippen molar-refractivity contribution < 1.29 is 23.1 Å². The van der Waals surface area contributed by atoms with Gasteiger partial charge in [0.2, 0.25) is 0 Å². The fourth-order valence-corrected chi connectivity index (χ4v) is 2.23. The number of carboxylic acids is 1. The van der Waals surface area contributed by atoms with E-state index in [0.29, 0.717) is 11.3 Å². The van der Waals surface area contributed by atoms with E-state index >= 15 is 0 Å². The van der Waals surface area contributed by atoms with E-state index in [4.69, 9.17) is 23.1 Å². The lowest BCUT2D eigenvalue weighted by molar-refractivity contribution is -0.137. The van der Waals surface area contributed by atoms with Gasteiger partial charge in [-0.25, -0.2) is 4.79 Å². The molecule has 0 amide bonds. The summed E-state index contributed by atoms with van der Waals surface area (Å²) >= 11 is 4.96. The van der Waals surface area contributed by atoms with Crippen molar-refractivity contribution >= 4 is 29.0 Å². The Bertz CT molecular complexity index is 743. The topological polar surface area (TPSA) is 66.6 Å². The minimum absolute atomic E-state index is 0.00271. The first kappa shape index (κ1) is 17.7. The molecule has 0 saturated heterocycles. The van der Waals surface area contributed by atoms with Crippen LogP contribution in [0.15, 0.2) is 48.5 Å². The van der Waals surface area contributed by atoms with E-state index in [-0.39, 0.29) is 17.2 Å². The molecule has 24 heavy (non-hydrogen) atoms. The zero-order valence-corrected chi connectivity index (χ0v) is 13.1. The summed E-state index contributed by atoms with van der Waals surface area (Å²) in [6.45, 7) is 0.209. The molecule has 0 aliphatic carbocycles. The van der Waals surface area contributed by atoms with Gasteiger partial charge in [-0.1, -0.05) is 12.1 Å². The number of benzene rings is 2. The minimum Gasteiger partial charge on any atom is -0.478 e. The Morgan fingerprint density at radius 2 is 1.62 bits per heavy atom. The first-order valence-electron chi connectivity index (χ1n) is 6.75. The van der Waals surface area contributed by atoms with Gasteiger partial charge in [-0.05, 0) is 54.2 Å². The highest BCUT2D eigenvalue weighted by Gasteiger charge is 2.30. The van der Waals surface area contributed by atoms with Crippen LogP contribution in [0.25, 0.3) is 0 Å². The van der Waals surface area contributed by atoms with Crippen LogP contribution < -0.4 is 10.6 Å². The number of nitrogens with two attached hydrogens (primary N) is 1. The third kappa shape index (κ3) is 4.23. The van der Waals surface area contributed by atoms with Gasteiger partial charge >= 0.3 is 12.1 Å². The van der Waals surface area contributed by atoms with Crippen LogP contribution in [-0.4, -0.2) is 16.2 Å². The largest absolute Gasteiger partial charge is 0.478 e. The second-order valence-corrected chi connectivity index (χ2v) is 5.39. The molecule has 0 bridgehead atoms. The number of halogens is 3. The number of aromatic carboxylic acids is 1. The molecule has 126 valence electrons. The molecular formula is C16H13F3N2O2S. The average molecular weight is 354 g/mol. The molecule has 2 aromatic carbocycles. The fourth-order valence-electron chi connectivity index (χ4n) is 2.06. The van der Waals surface area contributed by atoms with Crippen molar-refractivity contribution in [2.24, 2.45) is 5.73 Å². The monoisotopic (exact) mass is 354 g/mol. The molecule has 0 spiro atoms. The van der Waals surface area contributed by atoms with Crippen LogP contribution in [0.2, 0.25) is 0 Å². The number of carboxylic acid groups (broad SMARTS) is 1. The molecule has 0 atom stereocenters. The molecule has 0 aromatic heterocycles. The third-order valence-electron chi connectivity index (χ3n) is 3.31. The van der Waals surface area contributed by atoms with Crippen LogP contribution in [0.3, 0.4) is 0 Å². The van der Waals surface area contributed by atoms with Crippen LogP contribution >= 0.6 is 12.2 Å². The van der Waals surface area contributed by atoms with E-state index in [9.17, 15) is 18.0 Å². The summed E-state index contributed by atoms with van der Waals surface area (Å²) in [5, 5.41) is 8.87. The SMILES string of the molecule is NC(=S)N(Cc1ccc(C(=O)O)cc1)c1ccc(C(F)(F)F)cc1. The number of hydrogen-bond acceptors (Lipinski definition) is 2. The lowest BCUT2D eigenvalue weighted by Crippen LogP contribution is -2.35. The van der Waals surface area contributed by atoms with E-state index in [2.05, 4.69) is 0 Å². The van der Waals surface area contributed by atoms with Crippen molar-refractivity contribution in [2.45, 2.75) is 12.7 Å². The summed E-state index contributed by atoms with van der Waals surface area (Å²) in [6, 6.07) is 10.5. The van der Waals surface area contributed by atoms with Crippen LogP contribution in [-0.2, 0) is 12.7 Å². The zero-order chi connectivity index (χ0) is 17.9. The Hall–Kier alpha value is -2.61. The third-order valence-corrected chi connectivity index (χ3v) is 3.53. The highest BCUT2D eigenvalue weighted by Crippen LogP contribution is 2.30. The first-order valence-corrected chi connectivity index (χ1v) is 7.16. The van der Waals surface area contributed by atoms with Gasteiger partial charge in [-0.2, -0.15) is 13.2 Å².